The maximum Gasteiger partial charge on any atom is 0.277 e. The molecule has 136 valence electrons. The molecule has 0 fully saturated rings. The molecule has 0 heterocycles. The van der Waals surface area contributed by atoms with Crippen LogP contribution in [0.1, 0.15) is 5.56 Å². The number of nitro benzene ring substituents is 1. The second-order valence-corrected chi connectivity index (χ2v) is 6.41. The quantitative estimate of drug-likeness (QED) is 0.364. The summed E-state index contributed by atoms with van der Waals surface area (Å²) < 4.78 is 5.73. The summed E-state index contributed by atoms with van der Waals surface area (Å²) in [4.78, 5) is 22.0. The van der Waals surface area contributed by atoms with Crippen LogP contribution in [0.15, 0.2) is 70.2 Å². The van der Waals surface area contributed by atoms with Gasteiger partial charge in [0.1, 0.15) is 5.75 Å². The van der Waals surface area contributed by atoms with E-state index in [1.165, 1.54) is 18.2 Å². The first kappa shape index (κ1) is 18.5. The number of carbonyl (C=O) groups is 1. The molecule has 7 nitrogen and oxygen atoms in total. The smallest absolute Gasteiger partial charge is 0.277 e. The molecule has 0 aliphatic rings. The summed E-state index contributed by atoms with van der Waals surface area (Å²) in [6, 6.07) is 17.8. The van der Waals surface area contributed by atoms with Crippen LogP contribution in [0.25, 0.3) is 10.8 Å². The molecule has 0 bridgehead atoms. The Morgan fingerprint density at radius 1 is 1.15 bits per heavy atom. The standard InChI is InChI=1S/C19H14BrN3O4/c20-17-10-16(23(25)26)7-8-18(17)27-12-19(24)22-21-11-13-5-6-14-3-1-2-4-15(14)9-13/h1-11H,12H2,(H,22,24)/b21-11+. The first-order valence-corrected chi connectivity index (χ1v) is 8.70. The van der Waals surface area contributed by atoms with Crippen LogP contribution in [0.5, 0.6) is 5.75 Å². The SMILES string of the molecule is O=C(COc1ccc([N+](=O)[O-])cc1Br)N/N=C/c1ccc2ccccc2c1. The lowest BCUT2D eigenvalue weighted by molar-refractivity contribution is -0.384. The van der Waals surface area contributed by atoms with Gasteiger partial charge in [-0.15, -0.1) is 0 Å². The Labute approximate surface area is 162 Å². The van der Waals surface area contributed by atoms with Crippen molar-refractivity contribution in [1.29, 1.82) is 0 Å². The number of hydrogen-bond acceptors (Lipinski definition) is 5. The van der Waals surface area contributed by atoms with Gasteiger partial charge in [-0.1, -0.05) is 36.4 Å². The molecule has 1 amide bonds. The van der Waals surface area contributed by atoms with E-state index in [-0.39, 0.29) is 12.3 Å². The van der Waals surface area contributed by atoms with Gasteiger partial charge in [0.05, 0.1) is 15.6 Å². The average molecular weight is 428 g/mol. The molecule has 3 aromatic rings. The number of nitrogens with zero attached hydrogens (tertiary/aromatic N) is 2. The van der Waals surface area contributed by atoms with Crippen LogP contribution < -0.4 is 10.2 Å². The number of hydrogen-bond donors (Lipinski definition) is 1. The number of hydrazone groups is 1. The van der Waals surface area contributed by atoms with E-state index in [2.05, 4.69) is 26.5 Å². The van der Waals surface area contributed by atoms with E-state index in [4.69, 9.17) is 4.74 Å². The minimum atomic E-state index is -0.511. The third-order valence-corrected chi connectivity index (χ3v) is 4.28. The molecule has 0 aromatic heterocycles. The molecule has 27 heavy (non-hydrogen) atoms. The fourth-order valence-electron chi connectivity index (χ4n) is 2.36. The molecular formula is C19H14BrN3O4. The van der Waals surface area contributed by atoms with E-state index >= 15 is 0 Å². The molecule has 3 rings (SSSR count). The van der Waals surface area contributed by atoms with Gasteiger partial charge in [0, 0.05) is 12.1 Å². The minimum Gasteiger partial charge on any atom is -0.483 e. The summed E-state index contributed by atoms with van der Waals surface area (Å²) in [7, 11) is 0. The zero-order valence-electron chi connectivity index (χ0n) is 14.0. The highest BCUT2D eigenvalue weighted by Gasteiger charge is 2.11. The van der Waals surface area contributed by atoms with Gasteiger partial charge < -0.3 is 4.74 Å². The normalized spacial score (nSPS) is 10.9. The fraction of sp³-hybridized carbons (Fsp3) is 0.0526. The zero-order chi connectivity index (χ0) is 19.2. The molecule has 0 atom stereocenters. The molecule has 1 N–H and O–H groups in total. The predicted molar refractivity (Wildman–Crippen MR) is 106 cm³/mol. The Hall–Kier alpha value is -3.26. The second kappa shape index (κ2) is 8.41. The Kier molecular flexibility index (Phi) is 5.77. The Balaban J connectivity index is 1.54. The first-order chi connectivity index (χ1) is 13.0. The van der Waals surface area contributed by atoms with Crippen molar-refractivity contribution in [1.82, 2.24) is 5.43 Å². The number of amides is 1. The van der Waals surface area contributed by atoms with E-state index in [1.807, 2.05) is 42.5 Å². The average Bonchev–Trinajstić information content (AvgIpc) is 2.66. The summed E-state index contributed by atoms with van der Waals surface area (Å²) in [6.45, 7) is -0.272. The molecule has 3 aromatic carbocycles. The van der Waals surface area contributed by atoms with E-state index in [1.54, 1.807) is 6.21 Å². The summed E-state index contributed by atoms with van der Waals surface area (Å²) in [5.41, 5.74) is 3.16. The number of nitro groups is 1. The molecule has 0 aliphatic carbocycles. The fourth-order valence-corrected chi connectivity index (χ4v) is 2.84. The number of benzene rings is 3. The van der Waals surface area contributed by atoms with Crippen molar-refractivity contribution < 1.29 is 14.5 Å². The third-order valence-electron chi connectivity index (χ3n) is 3.66. The molecule has 0 spiro atoms. The van der Waals surface area contributed by atoms with Crippen molar-refractivity contribution in [2.75, 3.05) is 6.61 Å². The second-order valence-electron chi connectivity index (χ2n) is 5.56. The Bertz CT molecular complexity index is 1040. The number of carbonyl (C=O) groups excluding carboxylic acids is 1. The van der Waals surface area contributed by atoms with Crippen LogP contribution in [0.4, 0.5) is 5.69 Å². The highest BCUT2D eigenvalue weighted by Crippen LogP contribution is 2.28. The molecule has 8 heteroatoms. The van der Waals surface area contributed by atoms with Crippen molar-refractivity contribution in [2.45, 2.75) is 0 Å². The number of halogens is 1. The van der Waals surface area contributed by atoms with Crippen LogP contribution in [-0.4, -0.2) is 23.7 Å². The Morgan fingerprint density at radius 2 is 1.93 bits per heavy atom. The van der Waals surface area contributed by atoms with Gasteiger partial charge in [-0.25, -0.2) is 5.43 Å². The summed E-state index contributed by atoms with van der Waals surface area (Å²) in [6.07, 6.45) is 1.55. The molecule has 0 saturated carbocycles. The van der Waals surface area contributed by atoms with Crippen molar-refractivity contribution in [2.24, 2.45) is 5.10 Å². The zero-order valence-corrected chi connectivity index (χ0v) is 15.5. The van der Waals surface area contributed by atoms with Crippen molar-refractivity contribution in [3.8, 4) is 5.75 Å². The van der Waals surface area contributed by atoms with Gasteiger partial charge in [-0.05, 0) is 44.4 Å². The van der Waals surface area contributed by atoms with Crippen LogP contribution in [-0.2, 0) is 4.79 Å². The molecule has 0 radical (unpaired) electrons. The van der Waals surface area contributed by atoms with Gasteiger partial charge in [-0.2, -0.15) is 5.10 Å². The van der Waals surface area contributed by atoms with Gasteiger partial charge in [0.25, 0.3) is 11.6 Å². The molecular weight excluding hydrogens is 414 g/mol. The van der Waals surface area contributed by atoms with E-state index < -0.39 is 10.8 Å². The molecule has 0 saturated heterocycles. The summed E-state index contributed by atoms with van der Waals surface area (Å²) in [5.74, 6) is -0.119. The summed E-state index contributed by atoms with van der Waals surface area (Å²) in [5, 5.41) is 16.8. The minimum absolute atomic E-state index is 0.0707. The number of nitrogens with one attached hydrogen (secondary N) is 1. The maximum atomic E-state index is 11.8. The highest BCUT2D eigenvalue weighted by molar-refractivity contribution is 9.10. The number of ether oxygens (including phenoxy) is 1. The predicted octanol–water partition coefficient (Wildman–Crippen LogP) is 4.04. The van der Waals surface area contributed by atoms with Gasteiger partial charge in [0.15, 0.2) is 6.61 Å². The lowest BCUT2D eigenvalue weighted by Gasteiger charge is -2.06. The van der Waals surface area contributed by atoms with Gasteiger partial charge in [0.2, 0.25) is 0 Å². The van der Waals surface area contributed by atoms with Crippen molar-refractivity contribution >= 4 is 44.5 Å². The summed E-state index contributed by atoms with van der Waals surface area (Å²) >= 11 is 3.18. The van der Waals surface area contributed by atoms with E-state index in [0.29, 0.717) is 10.2 Å². The topological polar surface area (TPSA) is 93.8 Å². The van der Waals surface area contributed by atoms with Crippen molar-refractivity contribution in [3.63, 3.8) is 0 Å². The molecule has 0 aliphatic heterocycles. The number of rotatable bonds is 6. The van der Waals surface area contributed by atoms with E-state index in [0.717, 1.165) is 16.3 Å². The van der Waals surface area contributed by atoms with Crippen LogP contribution in [0.3, 0.4) is 0 Å². The molecule has 0 unspecified atom stereocenters. The highest BCUT2D eigenvalue weighted by atomic mass is 79.9. The van der Waals surface area contributed by atoms with Gasteiger partial charge >= 0.3 is 0 Å². The number of non-ortho nitro benzene ring substituents is 1. The monoisotopic (exact) mass is 427 g/mol. The van der Waals surface area contributed by atoms with Crippen LogP contribution >= 0.6 is 15.9 Å². The van der Waals surface area contributed by atoms with E-state index in [9.17, 15) is 14.9 Å². The van der Waals surface area contributed by atoms with Gasteiger partial charge in [-0.3, -0.25) is 14.9 Å². The third kappa shape index (κ3) is 4.89. The lowest BCUT2D eigenvalue weighted by Crippen LogP contribution is -2.24. The Morgan fingerprint density at radius 3 is 2.67 bits per heavy atom. The maximum absolute atomic E-state index is 11.8. The van der Waals surface area contributed by atoms with Crippen LogP contribution in [0, 0.1) is 10.1 Å². The van der Waals surface area contributed by atoms with Crippen molar-refractivity contribution in [3.05, 3.63) is 80.8 Å². The largest absolute Gasteiger partial charge is 0.483 e. The first-order valence-electron chi connectivity index (χ1n) is 7.90. The van der Waals surface area contributed by atoms with Crippen LogP contribution in [0.2, 0.25) is 0 Å². The number of fused-ring (bicyclic) bond motifs is 1. The lowest BCUT2D eigenvalue weighted by atomic mass is 10.1.